The Morgan fingerprint density at radius 1 is 1.61 bits per heavy atom. The molecule has 6 heteroatoms. The van der Waals surface area contributed by atoms with E-state index in [-0.39, 0.29) is 11.5 Å². The molecule has 1 unspecified atom stereocenters. The number of hydrogen-bond donors (Lipinski definition) is 2. The second-order valence-electron chi connectivity index (χ2n) is 3.88. The summed E-state index contributed by atoms with van der Waals surface area (Å²) in [5.41, 5.74) is 0.297. The zero-order valence-electron chi connectivity index (χ0n) is 9.57. The second kappa shape index (κ2) is 5.58. The molecule has 1 aliphatic heterocycles. The van der Waals surface area contributed by atoms with Crippen molar-refractivity contribution in [3.8, 4) is 6.07 Å². The van der Waals surface area contributed by atoms with Crippen LogP contribution >= 0.6 is 0 Å². The van der Waals surface area contributed by atoms with E-state index >= 15 is 0 Å². The molecule has 94 valence electrons. The summed E-state index contributed by atoms with van der Waals surface area (Å²) in [6.45, 7) is 1.50. The zero-order chi connectivity index (χ0) is 13.0. The standard InChI is InChI=1S/C12H12FN3O2/c13-10-2-1-9(5-8(10)6-14)16-12(17)11-7-18-4-3-15-11/h1-2,5,11,15H,3-4,7H2,(H,16,17). The molecule has 0 saturated carbocycles. The zero-order valence-corrected chi connectivity index (χ0v) is 9.57. The molecular weight excluding hydrogens is 237 g/mol. The number of nitrogens with one attached hydrogen (secondary N) is 2. The number of nitrogens with zero attached hydrogens (tertiary/aromatic N) is 1. The Kier molecular flexibility index (Phi) is 3.87. The molecule has 1 fully saturated rings. The van der Waals surface area contributed by atoms with E-state index in [0.717, 1.165) is 6.07 Å². The number of anilines is 1. The Labute approximate surface area is 104 Å². The van der Waals surface area contributed by atoms with Crippen molar-refractivity contribution < 1.29 is 13.9 Å². The van der Waals surface area contributed by atoms with Crippen molar-refractivity contribution in [2.24, 2.45) is 0 Å². The third kappa shape index (κ3) is 2.83. The molecule has 0 aliphatic carbocycles. The first-order valence-corrected chi connectivity index (χ1v) is 5.52. The van der Waals surface area contributed by atoms with Crippen molar-refractivity contribution in [2.75, 3.05) is 25.1 Å². The molecular formula is C12H12FN3O2. The van der Waals surface area contributed by atoms with Crippen molar-refractivity contribution in [2.45, 2.75) is 6.04 Å². The molecule has 1 aromatic rings. The van der Waals surface area contributed by atoms with Gasteiger partial charge in [-0.25, -0.2) is 4.39 Å². The predicted molar refractivity (Wildman–Crippen MR) is 62.4 cm³/mol. The Bertz CT molecular complexity index is 493. The van der Waals surface area contributed by atoms with E-state index in [0.29, 0.717) is 25.4 Å². The van der Waals surface area contributed by atoms with Gasteiger partial charge in [-0.05, 0) is 18.2 Å². The number of halogens is 1. The van der Waals surface area contributed by atoms with Gasteiger partial charge in [0.05, 0.1) is 18.8 Å². The maximum atomic E-state index is 13.1. The molecule has 0 bridgehead atoms. The highest BCUT2D eigenvalue weighted by atomic mass is 19.1. The highest BCUT2D eigenvalue weighted by Gasteiger charge is 2.21. The molecule has 1 amide bonds. The fourth-order valence-electron chi connectivity index (χ4n) is 1.65. The van der Waals surface area contributed by atoms with Crippen LogP contribution in [0.15, 0.2) is 18.2 Å². The molecule has 0 aromatic heterocycles. The van der Waals surface area contributed by atoms with Gasteiger partial charge in [-0.2, -0.15) is 5.26 Å². The number of amides is 1. The first-order chi connectivity index (χ1) is 8.70. The molecule has 1 saturated heterocycles. The minimum absolute atomic E-state index is 0.0966. The SMILES string of the molecule is N#Cc1cc(NC(=O)C2COCCN2)ccc1F. The Hall–Kier alpha value is -1.97. The van der Waals surface area contributed by atoms with Gasteiger partial charge in [0.1, 0.15) is 17.9 Å². The molecule has 1 atom stereocenters. The molecule has 0 radical (unpaired) electrons. The monoisotopic (exact) mass is 249 g/mol. The van der Waals surface area contributed by atoms with E-state index in [1.807, 2.05) is 0 Å². The summed E-state index contributed by atoms with van der Waals surface area (Å²) in [5, 5.41) is 14.3. The second-order valence-corrected chi connectivity index (χ2v) is 3.88. The van der Waals surface area contributed by atoms with Gasteiger partial charge in [-0.15, -0.1) is 0 Å². The predicted octanol–water partition coefficient (Wildman–Crippen LogP) is 0.624. The number of benzene rings is 1. The highest BCUT2D eigenvalue weighted by molar-refractivity contribution is 5.95. The summed E-state index contributed by atoms with van der Waals surface area (Å²) >= 11 is 0. The van der Waals surface area contributed by atoms with Crippen molar-refractivity contribution in [3.63, 3.8) is 0 Å². The summed E-state index contributed by atoms with van der Waals surface area (Å²) in [6, 6.07) is 5.17. The van der Waals surface area contributed by atoms with Crippen LogP contribution in [0.5, 0.6) is 0 Å². The quantitative estimate of drug-likeness (QED) is 0.806. The van der Waals surface area contributed by atoms with Gasteiger partial charge < -0.3 is 15.4 Å². The molecule has 5 nitrogen and oxygen atoms in total. The van der Waals surface area contributed by atoms with Crippen molar-refractivity contribution in [3.05, 3.63) is 29.6 Å². The van der Waals surface area contributed by atoms with Gasteiger partial charge >= 0.3 is 0 Å². The number of carbonyl (C=O) groups is 1. The fourth-order valence-corrected chi connectivity index (χ4v) is 1.65. The Morgan fingerprint density at radius 2 is 2.44 bits per heavy atom. The summed E-state index contributed by atoms with van der Waals surface area (Å²) in [7, 11) is 0. The van der Waals surface area contributed by atoms with Crippen LogP contribution in [-0.2, 0) is 9.53 Å². The molecule has 2 N–H and O–H groups in total. The van der Waals surface area contributed by atoms with Crippen LogP contribution < -0.4 is 10.6 Å². The van der Waals surface area contributed by atoms with E-state index in [1.165, 1.54) is 12.1 Å². The minimum atomic E-state index is -0.602. The first-order valence-electron chi connectivity index (χ1n) is 5.52. The van der Waals surface area contributed by atoms with Crippen molar-refractivity contribution in [1.82, 2.24) is 5.32 Å². The van der Waals surface area contributed by atoms with Crippen LogP contribution in [0.4, 0.5) is 10.1 Å². The maximum absolute atomic E-state index is 13.1. The lowest BCUT2D eigenvalue weighted by atomic mass is 10.2. The normalized spacial score (nSPS) is 19.0. The largest absolute Gasteiger partial charge is 0.378 e. The number of hydrogen-bond acceptors (Lipinski definition) is 4. The van der Waals surface area contributed by atoms with Crippen LogP contribution in [0.1, 0.15) is 5.56 Å². The first kappa shape index (κ1) is 12.5. The fraction of sp³-hybridized carbons (Fsp3) is 0.333. The number of carbonyl (C=O) groups excluding carboxylic acids is 1. The summed E-state index contributed by atoms with van der Waals surface area (Å²) < 4.78 is 18.3. The average molecular weight is 249 g/mol. The Morgan fingerprint density at radius 3 is 3.11 bits per heavy atom. The molecule has 1 heterocycles. The lowest BCUT2D eigenvalue weighted by Gasteiger charge is -2.22. The minimum Gasteiger partial charge on any atom is -0.378 e. The van der Waals surface area contributed by atoms with E-state index < -0.39 is 11.9 Å². The molecule has 2 rings (SSSR count). The van der Waals surface area contributed by atoms with Crippen molar-refractivity contribution in [1.29, 1.82) is 5.26 Å². The van der Waals surface area contributed by atoms with E-state index in [1.54, 1.807) is 6.07 Å². The maximum Gasteiger partial charge on any atom is 0.243 e. The van der Waals surface area contributed by atoms with Crippen molar-refractivity contribution >= 4 is 11.6 Å². The van der Waals surface area contributed by atoms with E-state index in [4.69, 9.17) is 10.00 Å². The van der Waals surface area contributed by atoms with Gasteiger partial charge in [-0.3, -0.25) is 4.79 Å². The topological polar surface area (TPSA) is 74.2 Å². The number of rotatable bonds is 2. The van der Waals surface area contributed by atoms with E-state index in [2.05, 4.69) is 10.6 Å². The number of morpholine rings is 1. The number of nitriles is 1. The third-order valence-corrected chi connectivity index (χ3v) is 2.59. The van der Waals surface area contributed by atoms with Crippen LogP contribution in [0.3, 0.4) is 0 Å². The molecule has 1 aromatic carbocycles. The number of ether oxygens (including phenoxy) is 1. The van der Waals surface area contributed by atoms with Crippen LogP contribution in [0.25, 0.3) is 0 Å². The van der Waals surface area contributed by atoms with Crippen LogP contribution in [0.2, 0.25) is 0 Å². The lowest BCUT2D eigenvalue weighted by Crippen LogP contribution is -2.48. The molecule has 18 heavy (non-hydrogen) atoms. The van der Waals surface area contributed by atoms with Gasteiger partial charge in [0, 0.05) is 12.2 Å². The summed E-state index contributed by atoms with van der Waals surface area (Å²) in [4.78, 5) is 11.8. The lowest BCUT2D eigenvalue weighted by molar-refractivity contribution is -0.120. The molecule has 1 aliphatic rings. The van der Waals surface area contributed by atoms with Crippen LogP contribution in [0, 0.1) is 17.1 Å². The average Bonchev–Trinajstić information content (AvgIpc) is 2.42. The van der Waals surface area contributed by atoms with Gasteiger partial charge in [0.2, 0.25) is 5.91 Å². The summed E-state index contributed by atoms with van der Waals surface area (Å²) in [6.07, 6.45) is 0. The summed E-state index contributed by atoms with van der Waals surface area (Å²) in [5.74, 6) is -0.861. The third-order valence-electron chi connectivity index (χ3n) is 2.59. The molecule has 0 spiro atoms. The van der Waals surface area contributed by atoms with Crippen LogP contribution in [-0.4, -0.2) is 31.7 Å². The van der Waals surface area contributed by atoms with Gasteiger partial charge in [0.15, 0.2) is 0 Å². The Balaban J connectivity index is 2.05. The highest BCUT2D eigenvalue weighted by Crippen LogP contribution is 2.14. The van der Waals surface area contributed by atoms with Gasteiger partial charge in [-0.1, -0.05) is 0 Å². The van der Waals surface area contributed by atoms with E-state index in [9.17, 15) is 9.18 Å². The smallest absolute Gasteiger partial charge is 0.243 e. The van der Waals surface area contributed by atoms with Gasteiger partial charge in [0.25, 0.3) is 0 Å².